The Morgan fingerprint density at radius 3 is 2.52 bits per heavy atom. The highest BCUT2D eigenvalue weighted by Crippen LogP contribution is 2.37. The molecule has 1 aromatic rings. The van der Waals surface area contributed by atoms with Crippen molar-refractivity contribution in [1.29, 1.82) is 0 Å². The van der Waals surface area contributed by atoms with Crippen LogP contribution in [0.1, 0.15) is 25.3 Å². The van der Waals surface area contributed by atoms with Crippen molar-refractivity contribution in [1.82, 2.24) is 15.1 Å². The Balaban J connectivity index is 0.00000182. The molecule has 1 atom stereocenters. The largest absolute Gasteiger partial charge is 0.369 e. The van der Waals surface area contributed by atoms with Gasteiger partial charge in [-0.25, -0.2) is 0 Å². The number of nitrogens with one attached hydrogen (secondary N) is 1. The summed E-state index contributed by atoms with van der Waals surface area (Å²) in [6.45, 7) is 14.3. The third-order valence-electron chi connectivity index (χ3n) is 6.40. The minimum atomic E-state index is 0. The van der Waals surface area contributed by atoms with Gasteiger partial charge in [-0.3, -0.25) is 4.90 Å². The fourth-order valence-corrected chi connectivity index (χ4v) is 4.81. The minimum Gasteiger partial charge on any atom is -0.369 e. The SMILES string of the molecule is CCN1CCN(c2ccccc2CN2CCC3(CCNC3)C2)CC1.Cl. The number of benzene rings is 1. The quantitative estimate of drug-likeness (QED) is 0.885. The van der Waals surface area contributed by atoms with Gasteiger partial charge in [0.1, 0.15) is 0 Å². The molecule has 1 unspecified atom stereocenters. The van der Waals surface area contributed by atoms with Gasteiger partial charge in [-0.05, 0) is 49.5 Å². The first-order chi connectivity index (χ1) is 11.8. The van der Waals surface area contributed by atoms with Crippen molar-refractivity contribution in [2.45, 2.75) is 26.3 Å². The van der Waals surface area contributed by atoms with Crippen molar-refractivity contribution in [2.24, 2.45) is 5.41 Å². The van der Waals surface area contributed by atoms with Gasteiger partial charge >= 0.3 is 0 Å². The molecule has 1 N–H and O–H groups in total. The lowest BCUT2D eigenvalue weighted by Crippen LogP contribution is -2.46. The van der Waals surface area contributed by atoms with E-state index in [1.807, 2.05) is 0 Å². The second kappa shape index (κ2) is 8.26. The molecule has 3 aliphatic heterocycles. The van der Waals surface area contributed by atoms with Crippen molar-refractivity contribution >= 4 is 18.1 Å². The van der Waals surface area contributed by atoms with Crippen LogP contribution < -0.4 is 10.2 Å². The van der Waals surface area contributed by atoms with Crippen molar-refractivity contribution < 1.29 is 0 Å². The van der Waals surface area contributed by atoms with E-state index in [0.29, 0.717) is 5.41 Å². The van der Waals surface area contributed by atoms with Gasteiger partial charge in [0.15, 0.2) is 0 Å². The number of anilines is 1. The second-order valence-corrected chi connectivity index (χ2v) is 7.94. The zero-order valence-corrected chi connectivity index (χ0v) is 16.4. The molecule has 0 radical (unpaired) electrons. The van der Waals surface area contributed by atoms with Crippen molar-refractivity contribution in [3.8, 4) is 0 Å². The number of piperazine rings is 1. The lowest BCUT2D eigenvalue weighted by atomic mass is 9.86. The van der Waals surface area contributed by atoms with E-state index in [0.717, 1.165) is 6.54 Å². The molecule has 3 saturated heterocycles. The number of hydrogen-bond donors (Lipinski definition) is 1. The molecule has 3 fully saturated rings. The predicted octanol–water partition coefficient (Wildman–Crippen LogP) is 2.44. The van der Waals surface area contributed by atoms with E-state index >= 15 is 0 Å². The highest BCUT2D eigenvalue weighted by molar-refractivity contribution is 5.85. The van der Waals surface area contributed by atoms with Crippen LogP contribution in [-0.4, -0.2) is 68.7 Å². The van der Waals surface area contributed by atoms with Gasteiger partial charge in [-0.15, -0.1) is 12.4 Å². The summed E-state index contributed by atoms with van der Waals surface area (Å²) in [5.74, 6) is 0. The average molecular weight is 365 g/mol. The molecule has 0 saturated carbocycles. The van der Waals surface area contributed by atoms with Gasteiger partial charge in [-0.2, -0.15) is 0 Å². The van der Waals surface area contributed by atoms with Crippen LogP contribution in [0.3, 0.4) is 0 Å². The number of likely N-dealkylation sites (tertiary alicyclic amines) is 1. The van der Waals surface area contributed by atoms with Crippen LogP contribution in [0.2, 0.25) is 0 Å². The van der Waals surface area contributed by atoms with Crippen molar-refractivity contribution in [3.05, 3.63) is 29.8 Å². The van der Waals surface area contributed by atoms with Crippen LogP contribution in [0.5, 0.6) is 0 Å². The van der Waals surface area contributed by atoms with Crippen molar-refractivity contribution in [2.75, 3.05) is 63.8 Å². The smallest absolute Gasteiger partial charge is 0.0412 e. The van der Waals surface area contributed by atoms with Crippen LogP contribution in [0.4, 0.5) is 5.69 Å². The zero-order chi connectivity index (χ0) is 16.4. The molecule has 0 bridgehead atoms. The topological polar surface area (TPSA) is 21.8 Å². The highest BCUT2D eigenvalue weighted by Gasteiger charge is 2.40. The van der Waals surface area contributed by atoms with Crippen LogP contribution >= 0.6 is 12.4 Å². The lowest BCUT2D eigenvalue weighted by Gasteiger charge is -2.37. The maximum Gasteiger partial charge on any atom is 0.0412 e. The molecular weight excluding hydrogens is 332 g/mol. The Morgan fingerprint density at radius 1 is 1.00 bits per heavy atom. The summed E-state index contributed by atoms with van der Waals surface area (Å²) in [5, 5.41) is 3.57. The first-order valence-corrected chi connectivity index (χ1v) is 9.76. The van der Waals surface area contributed by atoms with Crippen LogP contribution in [0.15, 0.2) is 24.3 Å². The fourth-order valence-electron chi connectivity index (χ4n) is 4.81. The monoisotopic (exact) mass is 364 g/mol. The molecule has 5 heteroatoms. The van der Waals surface area contributed by atoms with Crippen LogP contribution in [0.25, 0.3) is 0 Å². The minimum absolute atomic E-state index is 0. The maximum absolute atomic E-state index is 3.57. The molecule has 4 rings (SSSR count). The number of halogens is 1. The zero-order valence-electron chi connectivity index (χ0n) is 15.5. The molecule has 0 aromatic heterocycles. The van der Waals surface area contributed by atoms with Crippen molar-refractivity contribution in [3.63, 3.8) is 0 Å². The van der Waals surface area contributed by atoms with Gasteiger partial charge in [0.25, 0.3) is 0 Å². The summed E-state index contributed by atoms with van der Waals surface area (Å²) in [5.41, 5.74) is 3.56. The summed E-state index contributed by atoms with van der Waals surface area (Å²) in [6.07, 6.45) is 2.74. The summed E-state index contributed by atoms with van der Waals surface area (Å²) < 4.78 is 0. The normalized spacial score (nSPS) is 27.8. The lowest BCUT2D eigenvalue weighted by molar-refractivity contribution is 0.264. The summed E-state index contributed by atoms with van der Waals surface area (Å²) >= 11 is 0. The molecule has 3 aliphatic rings. The molecular formula is C20H33ClN4. The summed E-state index contributed by atoms with van der Waals surface area (Å²) in [6, 6.07) is 9.10. The fraction of sp³-hybridized carbons (Fsp3) is 0.700. The predicted molar refractivity (Wildman–Crippen MR) is 108 cm³/mol. The van der Waals surface area contributed by atoms with Crippen LogP contribution in [-0.2, 0) is 6.54 Å². The highest BCUT2D eigenvalue weighted by atomic mass is 35.5. The number of rotatable bonds is 4. The molecule has 140 valence electrons. The standard InChI is InChI=1S/C20H32N4.ClH/c1-2-22-11-13-24(14-12-22)19-6-4-3-5-18(19)15-23-10-8-20(17-23)7-9-21-16-20;/h3-6,21H,2,7-17H2,1H3;1H. The molecule has 1 aromatic carbocycles. The average Bonchev–Trinajstić information content (AvgIpc) is 3.25. The number of nitrogens with zero attached hydrogens (tertiary/aromatic N) is 3. The Bertz CT molecular complexity index is 550. The number of likely N-dealkylation sites (N-methyl/N-ethyl adjacent to an activating group) is 1. The molecule has 0 aliphatic carbocycles. The van der Waals surface area contributed by atoms with Gasteiger partial charge in [0.2, 0.25) is 0 Å². The van der Waals surface area contributed by atoms with Gasteiger partial charge in [-0.1, -0.05) is 25.1 Å². The molecule has 3 heterocycles. The third kappa shape index (κ3) is 4.13. The Morgan fingerprint density at radius 2 is 1.80 bits per heavy atom. The van der Waals surface area contributed by atoms with Gasteiger partial charge in [0.05, 0.1) is 0 Å². The Labute approximate surface area is 159 Å². The summed E-state index contributed by atoms with van der Waals surface area (Å²) in [4.78, 5) is 7.84. The molecule has 1 spiro atoms. The molecule has 25 heavy (non-hydrogen) atoms. The van der Waals surface area contributed by atoms with Gasteiger partial charge < -0.3 is 15.1 Å². The number of para-hydroxylation sites is 1. The van der Waals surface area contributed by atoms with E-state index in [2.05, 4.69) is 51.2 Å². The third-order valence-corrected chi connectivity index (χ3v) is 6.40. The first kappa shape index (κ1) is 19.0. The first-order valence-electron chi connectivity index (χ1n) is 9.76. The Kier molecular flexibility index (Phi) is 6.26. The van der Waals surface area contributed by atoms with E-state index in [4.69, 9.17) is 0 Å². The Hall–Kier alpha value is -0.810. The summed E-state index contributed by atoms with van der Waals surface area (Å²) in [7, 11) is 0. The molecule has 4 nitrogen and oxygen atoms in total. The van der Waals surface area contributed by atoms with E-state index in [1.54, 1.807) is 0 Å². The van der Waals surface area contributed by atoms with E-state index in [1.165, 1.54) is 83.0 Å². The molecule has 0 amide bonds. The second-order valence-electron chi connectivity index (χ2n) is 7.94. The maximum atomic E-state index is 3.57. The van der Waals surface area contributed by atoms with Crippen LogP contribution in [0, 0.1) is 5.41 Å². The number of hydrogen-bond acceptors (Lipinski definition) is 4. The van der Waals surface area contributed by atoms with E-state index in [-0.39, 0.29) is 12.4 Å². The van der Waals surface area contributed by atoms with E-state index < -0.39 is 0 Å². The van der Waals surface area contributed by atoms with E-state index in [9.17, 15) is 0 Å². The van der Waals surface area contributed by atoms with Gasteiger partial charge in [0, 0.05) is 51.5 Å².